The second-order valence-corrected chi connectivity index (χ2v) is 7.97. The zero-order valence-corrected chi connectivity index (χ0v) is 18.1. The van der Waals surface area contributed by atoms with Crippen molar-refractivity contribution >= 4 is 17.6 Å². The van der Waals surface area contributed by atoms with Gasteiger partial charge in [0.05, 0.1) is 6.54 Å². The zero-order valence-electron chi connectivity index (χ0n) is 18.1. The van der Waals surface area contributed by atoms with Crippen LogP contribution in [0.3, 0.4) is 0 Å². The smallest absolute Gasteiger partial charge is 0.224 e. The van der Waals surface area contributed by atoms with Crippen molar-refractivity contribution in [3.63, 3.8) is 0 Å². The number of nitrogens with one attached hydrogen (secondary N) is 3. The Kier molecular flexibility index (Phi) is 8.77. The van der Waals surface area contributed by atoms with Crippen molar-refractivity contribution in [2.75, 3.05) is 25.0 Å². The topological polar surface area (TPSA) is 68.8 Å². The summed E-state index contributed by atoms with van der Waals surface area (Å²) in [4.78, 5) is 19.1. The van der Waals surface area contributed by atoms with E-state index in [0.29, 0.717) is 31.0 Å². The minimum atomic E-state index is 0.0584. The first-order valence-electron chi connectivity index (χ1n) is 10.6. The number of guanidine groups is 1. The van der Waals surface area contributed by atoms with Gasteiger partial charge in [0.25, 0.3) is 0 Å². The molecule has 1 aromatic carbocycles. The monoisotopic (exact) mass is 387 g/mol. The fourth-order valence-corrected chi connectivity index (χ4v) is 3.48. The molecule has 156 valence electrons. The first-order chi connectivity index (χ1) is 13.4. The van der Waals surface area contributed by atoms with Gasteiger partial charge in [0.15, 0.2) is 5.96 Å². The number of likely N-dealkylation sites (tertiary alicyclic amines) is 1. The summed E-state index contributed by atoms with van der Waals surface area (Å²) in [7, 11) is 0. The predicted molar refractivity (Wildman–Crippen MR) is 118 cm³/mol. The Bertz CT molecular complexity index is 658. The minimum absolute atomic E-state index is 0.0584. The number of carbonyl (C=O) groups is 1. The largest absolute Gasteiger partial charge is 0.357 e. The molecule has 1 fully saturated rings. The van der Waals surface area contributed by atoms with Crippen LogP contribution in [-0.4, -0.2) is 48.5 Å². The molecule has 2 atom stereocenters. The van der Waals surface area contributed by atoms with Gasteiger partial charge in [0.2, 0.25) is 5.91 Å². The molecule has 0 spiro atoms. The van der Waals surface area contributed by atoms with Gasteiger partial charge in [-0.25, -0.2) is 4.99 Å². The van der Waals surface area contributed by atoms with E-state index >= 15 is 0 Å². The third-order valence-electron chi connectivity index (χ3n) is 5.14. The van der Waals surface area contributed by atoms with Crippen LogP contribution in [0, 0.1) is 5.92 Å². The number of anilines is 1. The van der Waals surface area contributed by atoms with Gasteiger partial charge in [-0.3, -0.25) is 9.69 Å². The molecule has 0 saturated carbocycles. The van der Waals surface area contributed by atoms with E-state index in [1.165, 1.54) is 0 Å². The number of nitrogens with zero attached hydrogens (tertiary/aromatic N) is 2. The van der Waals surface area contributed by atoms with Gasteiger partial charge in [0.1, 0.15) is 0 Å². The number of benzene rings is 1. The van der Waals surface area contributed by atoms with E-state index in [-0.39, 0.29) is 5.91 Å². The summed E-state index contributed by atoms with van der Waals surface area (Å²) < 4.78 is 0. The molecule has 2 unspecified atom stereocenters. The fraction of sp³-hybridized carbons (Fsp3) is 0.636. The van der Waals surface area contributed by atoms with Gasteiger partial charge in [-0.1, -0.05) is 26.0 Å². The predicted octanol–water partition coefficient (Wildman–Crippen LogP) is 3.21. The van der Waals surface area contributed by atoms with Crippen LogP contribution in [-0.2, 0) is 11.3 Å². The normalized spacial score (nSPS) is 20.4. The summed E-state index contributed by atoms with van der Waals surface area (Å²) in [5.41, 5.74) is 1.91. The minimum Gasteiger partial charge on any atom is -0.357 e. The van der Waals surface area contributed by atoms with E-state index in [1.807, 2.05) is 31.2 Å². The van der Waals surface area contributed by atoms with Crippen LogP contribution in [0.25, 0.3) is 0 Å². The maximum Gasteiger partial charge on any atom is 0.224 e. The van der Waals surface area contributed by atoms with Gasteiger partial charge in [-0.2, -0.15) is 0 Å². The molecule has 3 N–H and O–H groups in total. The average molecular weight is 388 g/mol. The summed E-state index contributed by atoms with van der Waals surface area (Å²) in [6.45, 7) is 14.4. The van der Waals surface area contributed by atoms with Gasteiger partial charge >= 0.3 is 0 Å². The van der Waals surface area contributed by atoms with Crippen molar-refractivity contribution in [1.29, 1.82) is 0 Å². The van der Waals surface area contributed by atoms with Gasteiger partial charge in [-0.15, -0.1) is 0 Å². The fourth-order valence-electron chi connectivity index (χ4n) is 3.48. The highest BCUT2D eigenvalue weighted by Crippen LogP contribution is 2.18. The molecule has 28 heavy (non-hydrogen) atoms. The molecule has 1 saturated heterocycles. The summed E-state index contributed by atoms with van der Waals surface area (Å²) in [6, 6.07) is 8.90. The standard InChI is InChI=1S/C22H37N5O/c1-6-9-21(28)25-19-11-8-10-18(12-19)13-24-22(23-7-2)26-20-15-27(16(3)4)14-17(20)5/h8,10-12,16-17,20H,6-7,9,13-15H2,1-5H3,(H,25,28)(H2,23,24,26). The van der Waals surface area contributed by atoms with Gasteiger partial charge in [0, 0.05) is 43.8 Å². The van der Waals surface area contributed by atoms with Gasteiger partial charge < -0.3 is 16.0 Å². The Morgan fingerprint density at radius 2 is 2.07 bits per heavy atom. The molecular formula is C22H37N5O. The Hall–Kier alpha value is -2.08. The second-order valence-electron chi connectivity index (χ2n) is 7.97. The SMILES string of the molecule is CCCC(=O)Nc1cccc(CN=C(NCC)NC2CN(C(C)C)CC2C)c1. The Morgan fingerprint density at radius 3 is 2.71 bits per heavy atom. The molecule has 0 aromatic heterocycles. The lowest BCUT2D eigenvalue weighted by molar-refractivity contribution is -0.116. The average Bonchev–Trinajstić information content (AvgIpc) is 3.01. The lowest BCUT2D eigenvalue weighted by Gasteiger charge is -2.22. The molecule has 2 rings (SSSR count). The number of hydrogen-bond acceptors (Lipinski definition) is 3. The molecule has 1 aliphatic rings. The highest BCUT2D eigenvalue weighted by atomic mass is 16.1. The van der Waals surface area contributed by atoms with Crippen molar-refractivity contribution in [3.8, 4) is 0 Å². The molecule has 6 nitrogen and oxygen atoms in total. The summed E-state index contributed by atoms with van der Waals surface area (Å²) >= 11 is 0. The van der Waals surface area contributed by atoms with E-state index in [2.05, 4.69) is 48.5 Å². The highest BCUT2D eigenvalue weighted by Gasteiger charge is 2.31. The Labute approximate surface area is 170 Å². The molecule has 0 radical (unpaired) electrons. The van der Waals surface area contributed by atoms with Crippen molar-refractivity contribution in [1.82, 2.24) is 15.5 Å². The molecular weight excluding hydrogens is 350 g/mol. The number of hydrogen-bond donors (Lipinski definition) is 3. The van der Waals surface area contributed by atoms with E-state index in [1.54, 1.807) is 0 Å². The molecule has 0 aliphatic carbocycles. The van der Waals surface area contributed by atoms with Crippen LogP contribution in [0.1, 0.15) is 53.0 Å². The van der Waals surface area contributed by atoms with Crippen LogP contribution in [0.5, 0.6) is 0 Å². The molecule has 1 heterocycles. The van der Waals surface area contributed by atoms with Crippen molar-refractivity contribution in [3.05, 3.63) is 29.8 Å². The maximum atomic E-state index is 11.8. The van der Waals surface area contributed by atoms with Crippen molar-refractivity contribution in [2.45, 2.75) is 66.1 Å². The highest BCUT2D eigenvalue weighted by molar-refractivity contribution is 5.90. The molecule has 0 bridgehead atoms. The molecule has 1 aliphatic heterocycles. The zero-order chi connectivity index (χ0) is 20.5. The lowest BCUT2D eigenvalue weighted by Crippen LogP contribution is -2.46. The van der Waals surface area contributed by atoms with Crippen LogP contribution in [0.2, 0.25) is 0 Å². The summed E-state index contributed by atoms with van der Waals surface area (Å²) in [6.07, 6.45) is 1.39. The van der Waals surface area contributed by atoms with E-state index in [9.17, 15) is 4.79 Å². The van der Waals surface area contributed by atoms with E-state index in [4.69, 9.17) is 4.99 Å². The van der Waals surface area contributed by atoms with Crippen LogP contribution < -0.4 is 16.0 Å². The van der Waals surface area contributed by atoms with Crippen LogP contribution in [0.4, 0.5) is 5.69 Å². The van der Waals surface area contributed by atoms with Crippen molar-refractivity contribution in [2.24, 2.45) is 10.9 Å². The number of rotatable bonds is 8. The summed E-state index contributed by atoms with van der Waals surface area (Å²) in [5.74, 6) is 1.50. The Morgan fingerprint density at radius 1 is 1.29 bits per heavy atom. The quantitative estimate of drug-likeness (QED) is 0.473. The number of amides is 1. The molecule has 1 aromatic rings. The lowest BCUT2D eigenvalue weighted by atomic mass is 10.1. The van der Waals surface area contributed by atoms with E-state index in [0.717, 1.165) is 43.3 Å². The van der Waals surface area contributed by atoms with Gasteiger partial charge in [-0.05, 0) is 50.8 Å². The molecule has 6 heteroatoms. The number of aliphatic imine (C=N–C) groups is 1. The third-order valence-corrected chi connectivity index (χ3v) is 5.14. The van der Waals surface area contributed by atoms with Crippen molar-refractivity contribution < 1.29 is 4.79 Å². The third kappa shape index (κ3) is 6.82. The molecule has 1 amide bonds. The van der Waals surface area contributed by atoms with Crippen LogP contribution in [0.15, 0.2) is 29.3 Å². The first-order valence-corrected chi connectivity index (χ1v) is 10.6. The summed E-state index contributed by atoms with van der Waals surface area (Å²) in [5, 5.41) is 9.92. The van der Waals surface area contributed by atoms with E-state index < -0.39 is 0 Å². The first kappa shape index (κ1) is 22.2. The number of carbonyl (C=O) groups excluding carboxylic acids is 1. The second kappa shape index (κ2) is 11.1. The van der Waals surface area contributed by atoms with Crippen LogP contribution >= 0.6 is 0 Å². The Balaban J connectivity index is 1.99. The maximum absolute atomic E-state index is 11.8.